The fraction of sp³-hybridized carbons (Fsp3) is 0.105. The van der Waals surface area contributed by atoms with Gasteiger partial charge in [-0.2, -0.15) is 0 Å². The lowest BCUT2D eigenvalue weighted by Gasteiger charge is -2.06. The Morgan fingerprint density at radius 1 is 1.08 bits per heavy atom. The summed E-state index contributed by atoms with van der Waals surface area (Å²) < 4.78 is 10.3. The number of rotatable bonds is 4. The van der Waals surface area contributed by atoms with Crippen LogP contribution in [0.3, 0.4) is 0 Å². The summed E-state index contributed by atoms with van der Waals surface area (Å²) in [5, 5.41) is 2.97. The monoisotopic (exact) mass is 337 g/mol. The number of esters is 1. The van der Waals surface area contributed by atoms with Crippen LogP contribution in [-0.2, 0) is 9.53 Å². The number of carbonyl (C=O) groups is 2. The number of hydrogen-bond acceptors (Lipinski definition) is 5. The Kier molecular flexibility index (Phi) is 4.61. The van der Waals surface area contributed by atoms with Crippen LogP contribution < -0.4 is 10.7 Å². The molecule has 0 fully saturated rings. The number of amides is 1. The number of anilines is 1. The molecule has 2 aromatic carbocycles. The fourth-order valence-corrected chi connectivity index (χ4v) is 2.29. The Labute approximate surface area is 143 Å². The molecule has 0 saturated heterocycles. The highest BCUT2D eigenvalue weighted by Gasteiger charge is 2.15. The van der Waals surface area contributed by atoms with Crippen LogP contribution in [0.1, 0.15) is 16.1 Å². The van der Waals surface area contributed by atoms with Crippen molar-refractivity contribution in [2.75, 3.05) is 11.9 Å². The molecule has 0 bridgehead atoms. The van der Waals surface area contributed by atoms with Gasteiger partial charge in [-0.05, 0) is 31.2 Å². The zero-order chi connectivity index (χ0) is 17.8. The van der Waals surface area contributed by atoms with Crippen molar-refractivity contribution in [1.82, 2.24) is 0 Å². The maximum absolute atomic E-state index is 12.1. The van der Waals surface area contributed by atoms with Gasteiger partial charge in [-0.1, -0.05) is 29.8 Å². The van der Waals surface area contributed by atoms with E-state index in [2.05, 4.69) is 5.32 Å². The van der Waals surface area contributed by atoms with Crippen molar-refractivity contribution in [3.63, 3.8) is 0 Å². The Balaban J connectivity index is 1.69. The van der Waals surface area contributed by atoms with Crippen LogP contribution in [0, 0.1) is 6.92 Å². The Morgan fingerprint density at radius 3 is 2.60 bits per heavy atom. The minimum Gasteiger partial charge on any atom is -0.450 e. The van der Waals surface area contributed by atoms with E-state index in [-0.39, 0.29) is 11.2 Å². The van der Waals surface area contributed by atoms with E-state index in [1.165, 1.54) is 0 Å². The SMILES string of the molecule is Cc1ccc2oc(C(=O)OCC(=O)Nc3ccccc3)cc(=O)c2c1. The van der Waals surface area contributed by atoms with E-state index in [1.807, 2.05) is 13.0 Å². The average Bonchev–Trinajstić information content (AvgIpc) is 2.61. The predicted octanol–water partition coefficient (Wildman–Crippen LogP) is 2.90. The highest BCUT2D eigenvalue weighted by atomic mass is 16.5. The molecule has 0 saturated carbocycles. The summed E-state index contributed by atoms with van der Waals surface area (Å²) >= 11 is 0. The molecule has 6 heteroatoms. The lowest BCUT2D eigenvalue weighted by molar-refractivity contribution is -0.119. The number of aryl methyl sites for hydroxylation is 1. The first-order chi connectivity index (χ1) is 12.0. The highest BCUT2D eigenvalue weighted by molar-refractivity contribution is 5.95. The van der Waals surface area contributed by atoms with Gasteiger partial charge in [-0.3, -0.25) is 9.59 Å². The summed E-state index contributed by atoms with van der Waals surface area (Å²) in [6.45, 7) is 1.37. The van der Waals surface area contributed by atoms with Gasteiger partial charge in [0.05, 0.1) is 5.39 Å². The second-order valence-electron chi connectivity index (χ2n) is 5.46. The molecule has 6 nitrogen and oxygen atoms in total. The molecule has 1 amide bonds. The number of ether oxygens (including phenoxy) is 1. The number of para-hydroxylation sites is 1. The summed E-state index contributed by atoms with van der Waals surface area (Å²) in [5.74, 6) is -1.60. The minimum absolute atomic E-state index is 0.242. The summed E-state index contributed by atoms with van der Waals surface area (Å²) in [6.07, 6.45) is 0. The van der Waals surface area contributed by atoms with E-state index in [0.717, 1.165) is 11.6 Å². The Hall–Kier alpha value is -3.41. The van der Waals surface area contributed by atoms with Crippen molar-refractivity contribution in [3.05, 3.63) is 76.1 Å². The van der Waals surface area contributed by atoms with Crippen LogP contribution in [0.15, 0.2) is 63.8 Å². The molecule has 0 aliphatic heterocycles. The molecule has 0 radical (unpaired) electrons. The molecule has 1 N–H and O–H groups in total. The maximum atomic E-state index is 12.1. The van der Waals surface area contributed by atoms with Crippen molar-refractivity contribution >= 4 is 28.5 Å². The third kappa shape index (κ3) is 3.92. The van der Waals surface area contributed by atoms with Crippen LogP contribution in [0.2, 0.25) is 0 Å². The summed E-state index contributed by atoms with van der Waals surface area (Å²) in [6, 6.07) is 14.9. The van der Waals surface area contributed by atoms with Gasteiger partial charge in [0, 0.05) is 11.8 Å². The van der Waals surface area contributed by atoms with Crippen LogP contribution >= 0.6 is 0 Å². The standard InChI is InChI=1S/C19H15NO5/c1-12-7-8-16-14(9-12)15(21)10-17(25-16)19(23)24-11-18(22)20-13-5-3-2-4-6-13/h2-10H,11H2,1H3,(H,20,22). The first-order valence-corrected chi connectivity index (χ1v) is 7.59. The number of carbonyl (C=O) groups excluding carboxylic acids is 2. The zero-order valence-electron chi connectivity index (χ0n) is 13.4. The highest BCUT2D eigenvalue weighted by Crippen LogP contribution is 2.14. The van der Waals surface area contributed by atoms with Crippen molar-refractivity contribution in [1.29, 1.82) is 0 Å². The van der Waals surface area contributed by atoms with E-state index >= 15 is 0 Å². The molecular formula is C19H15NO5. The Bertz CT molecular complexity index is 992. The molecule has 0 atom stereocenters. The van der Waals surface area contributed by atoms with Crippen molar-refractivity contribution in [3.8, 4) is 0 Å². The van der Waals surface area contributed by atoms with E-state index in [0.29, 0.717) is 16.7 Å². The molecule has 0 aliphatic carbocycles. The summed E-state index contributed by atoms with van der Waals surface area (Å²) in [5.41, 5.74) is 1.45. The fourth-order valence-electron chi connectivity index (χ4n) is 2.29. The van der Waals surface area contributed by atoms with Gasteiger partial charge in [0.25, 0.3) is 5.91 Å². The number of nitrogens with one attached hydrogen (secondary N) is 1. The van der Waals surface area contributed by atoms with E-state index in [1.54, 1.807) is 42.5 Å². The van der Waals surface area contributed by atoms with Gasteiger partial charge in [0.15, 0.2) is 12.0 Å². The van der Waals surface area contributed by atoms with E-state index < -0.39 is 18.5 Å². The minimum atomic E-state index is -0.872. The molecule has 126 valence electrons. The first kappa shape index (κ1) is 16.4. The molecule has 25 heavy (non-hydrogen) atoms. The van der Waals surface area contributed by atoms with Gasteiger partial charge < -0.3 is 14.5 Å². The molecular weight excluding hydrogens is 322 g/mol. The molecule has 0 unspecified atom stereocenters. The molecule has 1 heterocycles. The second kappa shape index (κ2) is 7.00. The third-order valence-corrected chi connectivity index (χ3v) is 3.48. The van der Waals surface area contributed by atoms with Crippen molar-refractivity contribution < 1.29 is 18.7 Å². The van der Waals surface area contributed by atoms with Crippen LogP contribution in [-0.4, -0.2) is 18.5 Å². The first-order valence-electron chi connectivity index (χ1n) is 7.59. The average molecular weight is 337 g/mol. The smallest absolute Gasteiger partial charge is 0.374 e. The predicted molar refractivity (Wildman–Crippen MR) is 92.6 cm³/mol. The van der Waals surface area contributed by atoms with Crippen LogP contribution in [0.5, 0.6) is 0 Å². The largest absolute Gasteiger partial charge is 0.450 e. The molecule has 0 aliphatic rings. The van der Waals surface area contributed by atoms with E-state index in [4.69, 9.17) is 9.15 Å². The van der Waals surface area contributed by atoms with Gasteiger partial charge >= 0.3 is 5.97 Å². The Morgan fingerprint density at radius 2 is 1.84 bits per heavy atom. The van der Waals surface area contributed by atoms with Crippen LogP contribution in [0.25, 0.3) is 11.0 Å². The molecule has 1 aromatic heterocycles. The quantitative estimate of drug-likeness (QED) is 0.740. The normalized spacial score (nSPS) is 10.4. The summed E-state index contributed by atoms with van der Waals surface area (Å²) in [7, 11) is 0. The van der Waals surface area contributed by atoms with Gasteiger partial charge in [0.1, 0.15) is 5.58 Å². The van der Waals surface area contributed by atoms with E-state index in [9.17, 15) is 14.4 Å². The number of fused-ring (bicyclic) bond motifs is 1. The topological polar surface area (TPSA) is 85.6 Å². The molecule has 3 rings (SSSR count). The number of hydrogen-bond donors (Lipinski definition) is 1. The molecule has 3 aromatic rings. The van der Waals surface area contributed by atoms with Gasteiger partial charge in [0.2, 0.25) is 5.76 Å². The van der Waals surface area contributed by atoms with Gasteiger partial charge in [-0.15, -0.1) is 0 Å². The number of benzene rings is 2. The van der Waals surface area contributed by atoms with Gasteiger partial charge in [-0.25, -0.2) is 4.79 Å². The maximum Gasteiger partial charge on any atom is 0.374 e. The van der Waals surface area contributed by atoms with Crippen molar-refractivity contribution in [2.45, 2.75) is 6.92 Å². The summed E-state index contributed by atoms with van der Waals surface area (Å²) in [4.78, 5) is 35.9. The zero-order valence-corrected chi connectivity index (χ0v) is 13.4. The lowest BCUT2D eigenvalue weighted by Crippen LogP contribution is -2.21. The molecule has 0 spiro atoms. The third-order valence-electron chi connectivity index (χ3n) is 3.48. The lowest BCUT2D eigenvalue weighted by atomic mass is 10.1. The van der Waals surface area contributed by atoms with Crippen molar-refractivity contribution in [2.24, 2.45) is 0 Å². The van der Waals surface area contributed by atoms with Crippen LogP contribution in [0.4, 0.5) is 5.69 Å². The second-order valence-corrected chi connectivity index (χ2v) is 5.46.